The Bertz CT molecular complexity index is 834. The molecule has 0 spiro atoms. The van der Waals surface area contributed by atoms with E-state index in [1.165, 1.54) is 6.20 Å². The summed E-state index contributed by atoms with van der Waals surface area (Å²) in [7, 11) is 0. The van der Waals surface area contributed by atoms with E-state index < -0.39 is 17.5 Å². The van der Waals surface area contributed by atoms with Crippen LogP contribution in [0.2, 0.25) is 0 Å². The summed E-state index contributed by atoms with van der Waals surface area (Å²) >= 11 is 0. The third-order valence-corrected chi connectivity index (χ3v) is 3.06. The van der Waals surface area contributed by atoms with Gasteiger partial charge in [0.05, 0.1) is 28.8 Å². The summed E-state index contributed by atoms with van der Waals surface area (Å²) in [5, 5.41) is 3.27. The second-order valence-electron chi connectivity index (χ2n) is 4.48. The van der Waals surface area contributed by atoms with Crippen molar-refractivity contribution < 1.29 is 13.2 Å². The standard InChI is InChI=1S/C15H10F3N3/c16-8-5-10(17)14(18)13(6-8)21-15-9-3-1-2-4-12(9)20-7-11(15)19/h1-7H,19H2,(H,20,21). The highest BCUT2D eigenvalue weighted by atomic mass is 19.2. The lowest BCUT2D eigenvalue weighted by Gasteiger charge is -2.13. The molecule has 0 aliphatic rings. The SMILES string of the molecule is Nc1cnc2ccccc2c1Nc1cc(F)cc(F)c1F. The minimum Gasteiger partial charge on any atom is -0.396 e. The number of aromatic nitrogens is 1. The number of para-hydroxylation sites is 1. The van der Waals surface area contributed by atoms with Gasteiger partial charge in [0.1, 0.15) is 5.82 Å². The molecule has 3 N–H and O–H groups in total. The van der Waals surface area contributed by atoms with Gasteiger partial charge in [0, 0.05) is 17.5 Å². The zero-order valence-corrected chi connectivity index (χ0v) is 10.7. The highest BCUT2D eigenvalue weighted by Crippen LogP contribution is 2.32. The number of nitrogens with two attached hydrogens (primary N) is 1. The Kier molecular flexibility index (Phi) is 3.13. The van der Waals surface area contributed by atoms with E-state index in [9.17, 15) is 13.2 Å². The highest BCUT2D eigenvalue weighted by molar-refractivity contribution is 5.98. The van der Waals surface area contributed by atoms with Gasteiger partial charge in [-0.15, -0.1) is 0 Å². The fraction of sp³-hybridized carbons (Fsp3) is 0. The number of nitrogens with one attached hydrogen (secondary N) is 1. The lowest BCUT2D eigenvalue weighted by atomic mass is 10.1. The van der Waals surface area contributed by atoms with Gasteiger partial charge in [-0.05, 0) is 6.07 Å². The Morgan fingerprint density at radius 3 is 2.62 bits per heavy atom. The van der Waals surface area contributed by atoms with Crippen molar-refractivity contribution in [1.29, 1.82) is 0 Å². The van der Waals surface area contributed by atoms with E-state index in [2.05, 4.69) is 10.3 Å². The highest BCUT2D eigenvalue weighted by Gasteiger charge is 2.14. The van der Waals surface area contributed by atoms with Crippen LogP contribution in [0.3, 0.4) is 0 Å². The van der Waals surface area contributed by atoms with Crippen LogP contribution in [0.4, 0.5) is 30.2 Å². The molecule has 0 aliphatic heterocycles. The minimum absolute atomic E-state index is 0.248. The van der Waals surface area contributed by atoms with Crippen molar-refractivity contribution in [2.24, 2.45) is 0 Å². The fourth-order valence-corrected chi connectivity index (χ4v) is 2.08. The third kappa shape index (κ3) is 2.35. The molecule has 0 radical (unpaired) electrons. The van der Waals surface area contributed by atoms with Gasteiger partial charge in [-0.1, -0.05) is 18.2 Å². The van der Waals surface area contributed by atoms with Crippen molar-refractivity contribution in [3.05, 3.63) is 60.0 Å². The molecular weight excluding hydrogens is 279 g/mol. The molecule has 0 saturated carbocycles. The molecule has 3 rings (SSSR count). The monoisotopic (exact) mass is 289 g/mol. The van der Waals surface area contributed by atoms with Crippen LogP contribution in [-0.4, -0.2) is 4.98 Å². The number of nitrogen functional groups attached to an aromatic ring is 1. The smallest absolute Gasteiger partial charge is 0.182 e. The number of rotatable bonds is 2. The van der Waals surface area contributed by atoms with Crippen molar-refractivity contribution in [2.45, 2.75) is 0 Å². The predicted octanol–water partition coefficient (Wildman–Crippen LogP) is 3.98. The molecular formula is C15H10F3N3. The Labute approximate surface area is 118 Å². The normalized spacial score (nSPS) is 10.8. The second-order valence-corrected chi connectivity index (χ2v) is 4.48. The maximum atomic E-state index is 13.7. The molecule has 106 valence electrons. The maximum Gasteiger partial charge on any atom is 0.182 e. The molecule has 0 atom stereocenters. The Balaban J connectivity index is 2.16. The average molecular weight is 289 g/mol. The Morgan fingerprint density at radius 2 is 1.81 bits per heavy atom. The summed E-state index contributed by atoms with van der Waals surface area (Å²) < 4.78 is 40.2. The summed E-state index contributed by atoms with van der Waals surface area (Å²) in [4.78, 5) is 4.13. The summed E-state index contributed by atoms with van der Waals surface area (Å²) in [6, 6.07) is 8.38. The summed E-state index contributed by atoms with van der Waals surface area (Å²) in [5.74, 6) is -3.32. The van der Waals surface area contributed by atoms with Gasteiger partial charge >= 0.3 is 0 Å². The van der Waals surface area contributed by atoms with E-state index >= 15 is 0 Å². The number of hydrogen-bond donors (Lipinski definition) is 2. The average Bonchev–Trinajstić information content (AvgIpc) is 2.47. The molecule has 21 heavy (non-hydrogen) atoms. The van der Waals surface area contributed by atoms with Crippen LogP contribution in [-0.2, 0) is 0 Å². The van der Waals surface area contributed by atoms with Crippen LogP contribution in [0.25, 0.3) is 10.9 Å². The third-order valence-electron chi connectivity index (χ3n) is 3.06. The Morgan fingerprint density at radius 1 is 1.05 bits per heavy atom. The molecule has 3 nitrogen and oxygen atoms in total. The second kappa shape index (κ2) is 4.97. The van der Waals surface area contributed by atoms with Crippen LogP contribution in [0.1, 0.15) is 0 Å². The number of pyridine rings is 1. The van der Waals surface area contributed by atoms with E-state index in [1.54, 1.807) is 24.3 Å². The zero-order valence-electron chi connectivity index (χ0n) is 10.7. The zero-order chi connectivity index (χ0) is 15.0. The molecule has 0 bridgehead atoms. The topological polar surface area (TPSA) is 50.9 Å². The predicted molar refractivity (Wildman–Crippen MR) is 75.8 cm³/mol. The van der Waals surface area contributed by atoms with E-state index in [4.69, 9.17) is 5.73 Å². The number of benzene rings is 2. The quantitative estimate of drug-likeness (QED) is 0.702. The minimum atomic E-state index is -1.27. The lowest BCUT2D eigenvalue weighted by Crippen LogP contribution is -2.02. The number of nitrogens with zero attached hydrogens (tertiary/aromatic N) is 1. The lowest BCUT2D eigenvalue weighted by molar-refractivity contribution is 0.498. The van der Waals surface area contributed by atoms with Crippen LogP contribution in [0.15, 0.2) is 42.6 Å². The summed E-state index contributed by atoms with van der Waals surface area (Å²) in [6.45, 7) is 0. The number of hydrogen-bond acceptors (Lipinski definition) is 3. The van der Waals surface area contributed by atoms with E-state index in [1.807, 2.05) is 0 Å². The first kappa shape index (κ1) is 13.2. The molecule has 0 unspecified atom stereocenters. The first-order chi connectivity index (χ1) is 10.1. The maximum absolute atomic E-state index is 13.7. The van der Waals surface area contributed by atoms with Gasteiger partial charge in [0.2, 0.25) is 0 Å². The summed E-state index contributed by atoms with van der Waals surface area (Å²) in [5.41, 5.74) is 6.73. The fourth-order valence-electron chi connectivity index (χ4n) is 2.08. The largest absolute Gasteiger partial charge is 0.396 e. The van der Waals surface area contributed by atoms with E-state index in [0.29, 0.717) is 22.7 Å². The van der Waals surface area contributed by atoms with Crippen molar-refractivity contribution in [2.75, 3.05) is 11.1 Å². The molecule has 3 aromatic rings. The van der Waals surface area contributed by atoms with Crippen LogP contribution < -0.4 is 11.1 Å². The van der Waals surface area contributed by atoms with Crippen LogP contribution in [0, 0.1) is 17.5 Å². The van der Waals surface area contributed by atoms with Crippen molar-refractivity contribution >= 4 is 28.0 Å². The van der Waals surface area contributed by atoms with E-state index in [-0.39, 0.29) is 11.4 Å². The first-order valence-electron chi connectivity index (χ1n) is 6.11. The molecule has 1 heterocycles. The van der Waals surface area contributed by atoms with Gasteiger partial charge in [-0.3, -0.25) is 4.98 Å². The van der Waals surface area contributed by atoms with Crippen LogP contribution in [0.5, 0.6) is 0 Å². The van der Waals surface area contributed by atoms with Gasteiger partial charge < -0.3 is 11.1 Å². The number of anilines is 3. The van der Waals surface area contributed by atoms with Gasteiger partial charge in [-0.2, -0.15) is 0 Å². The first-order valence-corrected chi connectivity index (χ1v) is 6.11. The molecule has 1 aromatic heterocycles. The van der Waals surface area contributed by atoms with Crippen LogP contribution >= 0.6 is 0 Å². The molecule has 2 aromatic carbocycles. The van der Waals surface area contributed by atoms with Crippen molar-refractivity contribution in [3.63, 3.8) is 0 Å². The van der Waals surface area contributed by atoms with Gasteiger partial charge in [0.15, 0.2) is 11.6 Å². The number of halogens is 3. The molecule has 0 aliphatic carbocycles. The van der Waals surface area contributed by atoms with Crippen molar-refractivity contribution in [1.82, 2.24) is 4.98 Å². The van der Waals surface area contributed by atoms with E-state index in [0.717, 1.165) is 6.07 Å². The molecule has 0 fully saturated rings. The van der Waals surface area contributed by atoms with Gasteiger partial charge in [-0.25, -0.2) is 13.2 Å². The van der Waals surface area contributed by atoms with Gasteiger partial charge in [0.25, 0.3) is 0 Å². The Hall–Kier alpha value is -2.76. The summed E-state index contributed by atoms with van der Waals surface area (Å²) in [6.07, 6.45) is 1.40. The number of fused-ring (bicyclic) bond motifs is 1. The van der Waals surface area contributed by atoms with Crippen molar-refractivity contribution in [3.8, 4) is 0 Å². The molecule has 0 saturated heterocycles. The molecule has 0 amide bonds. The molecule has 6 heteroatoms.